The number of rotatable bonds is 3. The number of hydrogen-bond donors (Lipinski definition) is 0. The lowest BCUT2D eigenvalue weighted by Crippen LogP contribution is -2.23. The van der Waals surface area contributed by atoms with Crippen LogP contribution >= 0.6 is 15.9 Å². The van der Waals surface area contributed by atoms with Crippen LogP contribution < -0.4 is 4.74 Å². The molecule has 1 aliphatic rings. The van der Waals surface area contributed by atoms with Gasteiger partial charge in [-0.1, -0.05) is 0 Å². The predicted molar refractivity (Wildman–Crippen MR) is 63.6 cm³/mol. The smallest absolute Gasteiger partial charge is 0.316 e. The average Bonchev–Trinajstić information content (AvgIpc) is 3.09. The van der Waals surface area contributed by atoms with Gasteiger partial charge in [-0.3, -0.25) is 4.79 Å². The molecule has 0 spiro atoms. The Morgan fingerprint density at radius 3 is 2.53 bits per heavy atom. The molecule has 17 heavy (non-hydrogen) atoms. The third-order valence-corrected chi connectivity index (χ3v) is 3.70. The molecule has 0 atom stereocenters. The van der Waals surface area contributed by atoms with E-state index in [1.165, 1.54) is 20.3 Å². The van der Waals surface area contributed by atoms with Gasteiger partial charge in [-0.05, 0) is 40.9 Å². The highest BCUT2D eigenvalue weighted by Gasteiger charge is 2.54. The third kappa shape index (κ3) is 1.92. The minimum atomic E-state index is -0.813. The van der Waals surface area contributed by atoms with Crippen LogP contribution in [0.25, 0.3) is 0 Å². The van der Waals surface area contributed by atoms with Gasteiger partial charge in [0.15, 0.2) is 0 Å². The lowest BCUT2D eigenvalue weighted by Gasteiger charge is -2.15. The zero-order chi connectivity index (χ0) is 12.6. The first-order chi connectivity index (χ1) is 8.05. The number of benzene rings is 1. The standard InChI is InChI=1S/C12H12BrFO3/c1-16-10-5-7(9(14)6-8(10)13)12(3-4-12)11(15)17-2/h5-6H,3-4H2,1-2H3. The first kappa shape index (κ1) is 12.4. The van der Waals surface area contributed by atoms with Crippen molar-refractivity contribution < 1.29 is 18.7 Å². The Bertz CT molecular complexity index is 469. The SMILES string of the molecule is COC(=O)C1(c2cc(OC)c(Br)cc2F)CC1. The number of hydrogen-bond acceptors (Lipinski definition) is 3. The van der Waals surface area contributed by atoms with E-state index >= 15 is 0 Å². The molecule has 0 saturated heterocycles. The van der Waals surface area contributed by atoms with Crippen molar-refractivity contribution in [3.63, 3.8) is 0 Å². The van der Waals surface area contributed by atoms with Crippen LogP contribution in [0.15, 0.2) is 16.6 Å². The summed E-state index contributed by atoms with van der Waals surface area (Å²) in [5.41, 5.74) is -0.461. The summed E-state index contributed by atoms with van der Waals surface area (Å²) in [5.74, 6) is -0.294. The monoisotopic (exact) mass is 302 g/mol. The molecule has 2 rings (SSSR count). The van der Waals surface area contributed by atoms with Crippen LogP contribution in [-0.4, -0.2) is 20.2 Å². The summed E-state index contributed by atoms with van der Waals surface area (Å²) in [4.78, 5) is 11.7. The minimum absolute atomic E-state index is 0.351. The van der Waals surface area contributed by atoms with Crippen LogP contribution in [0.2, 0.25) is 0 Å². The quantitative estimate of drug-likeness (QED) is 0.806. The molecule has 1 fully saturated rings. The Balaban J connectivity index is 2.49. The van der Waals surface area contributed by atoms with Crippen molar-refractivity contribution in [1.29, 1.82) is 0 Å². The third-order valence-electron chi connectivity index (χ3n) is 3.08. The van der Waals surface area contributed by atoms with E-state index in [1.54, 1.807) is 6.07 Å². The van der Waals surface area contributed by atoms with Gasteiger partial charge in [0.05, 0.1) is 24.1 Å². The summed E-state index contributed by atoms with van der Waals surface area (Å²) in [6.45, 7) is 0. The molecule has 0 radical (unpaired) electrons. The molecule has 0 bridgehead atoms. The molecule has 1 aromatic carbocycles. The Morgan fingerprint density at radius 1 is 1.41 bits per heavy atom. The van der Waals surface area contributed by atoms with Crippen molar-refractivity contribution >= 4 is 21.9 Å². The van der Waals surface area contributed by atoms with Gasteiger partial charge in [-0.15, -0.1) is 0 Å². The number of ether oxygens (including phenoxy) is 2. The van der Waals surface area contributed by atoms with Crippen LogP contribution in [0.4, 0.5) is 4.39 Å². The van der Waals surface area contributed by atoms with Crippen molar-refractivity contribution in [3.8, 4) is 5.75 Å². The molecule has 1 saturated carbocycles. The summed E-state index contributed by atoms with van der Waals surface area (Å²) in [5, 5.41) is 0. The van der Waals surface area contributed by atoms with Crippen LogP contribution in [0, 0.1) is 5.82 Å². The lowest BCUT2D eigenvalue weighted by molar-refractivity contribution is -0.143. The summed E-state index contributed by atoms with van der Waals surface area (Å²) in [6.07, 6.45) is 1.22. The van der Waals surface area contributed by atoms with E-state index in [0.29, 0.717) is 28.6 Å². The molecule has 0 aromatic heterocycles. The Morgan fingerprint density at radius 2 is 2.06 bits per heavy atom. The minimum Gasteiger partial charge on any atom is -0.496 e. The number of methoxy groups -OCH3 is 2. The summed E-state index contributed by atoms with van der Waals surface area (Å²) in [6, 6.07) is 2.88. The average molecular weight is 303 g/mol. The second kappa shape index (κ2) is 4.29. The van der Waals surface area contributed by atoms with Crippen molar-refractivity contribution in [2.45, 2.75) is 18.3 Å². The highest BCUT2D eigenvalue weighted by molar-refractivity contribution is 9.10. The molecule has 0 N–H and O–H groups in total. The maximum Gasteiger partial charge on any atom is 0.316 e. The molecule has 0 aliphatic heterocycles. The van der Waals surface area contributed by atoms with Gasteiger partial charge < -0.3 is 9.47 Å². The molecular weight excluding hydrogens is 291 g/mol. The van der Waals surface area contributed by atoms with E-state index in [2.05, 4.69) is 15.9 Å². The highest BCUT2D eigenvalue weighted by Crippen LogP contribution is 2.51. The molecule has 0 heterocycles. The Labute approximate surface area is 107 Å². The van der Waals surface area contributed by atoms with Gasteiger partial charge in [0.1, 0.15) is 11.6 Å². The Hall–Kier alpha value is -1.10. The number of halogens is 2. The van der Waals surface area contributed by atoms with E-state index < -0.39 is 11.2 Å². The fraction of sp³-hybridized carbons (Fsp3) is 0.417. The summed E-state index contributed by atoms with van der Waals surface area (Å²) < 4.78 is 24.3. The van der Waals surface area contributed by atoms with E-state index in [-0.39, 0.29) is 5.97 Å². The fourth-order valence-corrected chi connectivity index (χ4v) is 2.43. The zero-order valence-electron chi connectivity index (χ0n) is 9.55. The molecule has 3 nitrogen and oxygen atoms in total. The normalized spacial score (nSPS) is 16.5. The second-order valence-corrected chi connectivity index (χ2v) is 4.89. The van der Waals surface area contributed by atoms with Gasteiger partial charge in [0, 0.05) is 5.56 Å². The summed E-state index contributed by atoms with van der Waals surface area (Å²) >= 11 is 3.20. The van der Waals surface area contributed by atoms with Crippen molar-refractivity contribution in [2.75, 3.05) is 14.2 Å². The van der Waals surface area contributed by atoms with Gasteiger partial charge in [-0.2, -0.15) is 0 Å². The molecule has 5 heteroatoms. The maximum atomic E-state index is 13.9. The van der Waals surface area contributed by atoms with Gasteiger partial charge >= 0.3 is 5.97 Å². The molecule has 0 unspecified atom stereocenters. The van der Waals surface area contributed by atoms with Crippen LogP contribution in [-0.2, 0) is 14.9 Å². The predicted octanol–water partition coefficient (Wildman–Crippen LogP) is 2.80. The number of carbonyl (C=O) groups is 1. The maximum absolute atomic E-state index is 13.9. The highest BCUT2D eigenvalue weighted by atomic mass is 79.9. The van der Waals surface area contributed by atoms with E-state index in [0.717, 1.165) is 0 Å². The van der Waals surface area contributed by atoms with E-state index in [9.17, 15) is 9.18 Å². The van der Waals surface area contributed by atoms with Crippen LogP contribution in [0.1, 0.15) is 18.4 Å². The number of carbonyl (C=O) groups excluding carboxylic acids is 1. The van der Waals surface area contributed by atoms with Crippen molar-refractivity contribution in [3.05, 3.63) is 28.0 Å². The second-order valence-electron chi connectivity index (χ2n) is 4.04. The van der Waals surface area contributed by atoms with Crippen molar-refractivity contribution in [1.82, 2.24) is 0 Å². The number of esters is 1. The van der Waals surface area contributed by atoms with E-state index in [4.69, 9.17) is 9.47 Å². The molecule has 1 aliphatic carbocycles. The van der Waals surface area contributed by atoms with Gasteiger partial charge in [0.25, 0.3) is 0 Å². The zero-order valence-corrected chi connectivity index (χ0v) is 11.1. The Kier molecular flexibility index (Phi) is 3.12. The molecule has 92 valence electrons. The molecular formula is C12H12BrFO3. The van der Waals surface area contributed by atoms with E-state index in [1.807, 2.05) is 0 Å². The molecule has 0 amide bonds. The lowest BCUT2D eigenvalue weighted by atomic mass is 9.95. The topological polar surface area (TPSA) is 35.5 Å². The van der Waals surface area contributed by atoms with Gasteiger partial charge in [0.2, 0.25) is 0 Å². The molecule has 1 aromatic rings. The largest absolute Gasteiger partial charge is 0.496 e. The first-order valence-electron chi connectivity index (χ1n) is 5.17. The summed E-state index contributed by atoms with van der Waals surface area (Å²) in [7, 11) is 2.82. The fourth-order valence-electron chi connectivity index (χ4n) is 1.96. The van der Waals surface area contributed by atoms with Crippen molar-refractivity contribution in [2.24, 2.45) is 0 Å². The van der Waals surface area contributed by atoms with Crippen LogP contribution in [0.5, 0.6) is 5.75 Å². The van der Waals surface area contributed by atoms with Crippen LogP contribution in [0.3, 0.4) is 0 Å². The van der Waals surface area contributed by atoms with Gasteiger partial charge in [-0.25, -0.2) is 4.39 Å². The first-order valence-corrected chi connectivity index (χ1v) is 5.96.